The number of benzene rings is 3. The third-order valence-electron chi connectivity index (χ3n) is 23.1. The molecule has 21 rings (SSSR count). The van der Waals surface area contributed by atoms with E-state index in [2.05, 4.69) is 133 Å². The molecule has 0 amide bonds. The summed E-state index contributed by atoms with van der Waals surface area (Å²) in [5.41, 5.74) is 30.1. The third-order valence-corrected chi connectivity index (χ3v) is 24.7. The van der Waals surface area contributed by atoms with Gasteiger partial charge in [0.25, 0.3) is 0 Å². The molecule has 90 heavy (non-hydrogen) atoms. The number of hydrogen-bond donors (Lipinski definition) is 7. The zero-order valence-electron chi connectivity index (χ0n) is 50.5. The molecule has 16 nitrogen and oxygen atoms in total. The number of H-pyrrole nitrogens is 3. The zero-order chi connectivity index (χ0) is 62.0. The first-order valence-electron chi connectivity index (χ1n) is 32.5. The number of fused-ring (bicyclic) bond motifs is 3. The lowest BCUT2D eigenvalue weighted by Gasteiger charge is -2.56. The van der Waals surface area contributed by atoms with Gasteiger partial charge < -0.3 is 36.5 Å². The first-order chi connectivity index (χ1) is 43.6. The van der Waals surface area contributed by atoms with E-state index in [4.69, 9.17) is 36.5 Å². The summed E-state index contributed by atoms with van der Waals surface area (Å²) in [5.74, 6) is 8.84. The van der Waals surface area contributed by atoms with Crippen molar-refractivity contribution < 1.29 is 19.3 Å². The van der Waals surface area contributed by atoms with Crippen molar-refractivity contribution in [2.75, 3.05) is 6.61 Å². The van der Waals surface area contributed by atoms with Gasteiger partial charge in [-0.2, -0.15) is 15.8 Å². The number of ether oxygens (including phenoxy) is 3. The molecular weight excluding hydrogens is 1320 g/mol. The van der Waals surface area contributed by atoms with Crippen LogP contribution in [0.3, 0.4) is 0 Å². The number of aromatic amines is 3. The van der Waals surface area contributed by atoms with E-state index in [1.54, 1.807) is 6.92 Å². The highest BCUT2D eigenvalue weighted by Gasteiger charge is 2.58. The lowest BCUT2D eigenvalue weighted by Crippen LogP contribution is -2.49. The van der Waals surface area contributed by atoms with Crippen LogP contribution in [-0.4, -0.2) is 42.3 Å². The van der Waals surface area contributed by atoms with E-state index in [9.17, 15) is 15.8 Å². The summed E-state index contributed by atoms with van der Waals surface area (Å²) in [7, 11) is 0. The molecule has 3 atom stereocenters. The van der Waals surface area contributed by atoms with Crippen LogP contribution in [0.1, 0.15) is 191 Å². The fourth-order valence-corrected chi connectivity index (χ4v) is 22.0. The molecule has 3 aliphatic heterocycles. The van der Waals surface area contributed by atoms with Crippen molar-refractivity contribution in [1.82, 2.24) is 30.6 Å². The van der Waals surface area contributed by atoms with Crippen LogP contribution < -0.4 is 31.4 Å². The van der Waals surface area contributed by atoms with Crippen LogP contribution >= 0.6 is 47.8 Å². The molecule has 12 saturated carbocycles. The fourth-order valence-electron chi connectivity index (χ4n) is 21.2. The average molecular weight is 1400 g/mol. The van der Waals surface area contributed by atoms with E-state index in [1.807, 2.05) is 36.4 Å². The maximum Gasteiger partial charge on any atom is 0.244 e. The Morgan fingerprint density at radius 3 is 0.811 bits per heavy atom. The van der Waals surface area contributed by atoms with E-state index in [0.717, 1.165) is 100 Å². The molecule has 12 aliphatic carbocycles. The van der Waals surface area contributed by atoms with Crippen molar-refractivity contribution >= 4 is 47.8 Å². The Hall–Kier alpha value is -6.82. The van der Waals surface area contributed by atoms with E-state index in [0.29, 0.717) is 34.4 Å². The maximum atomic E-state index is 9.93. The SMILES string of the molecule is CCO.N#CC1=C(N)Oc2n[nH]c(C34CC5CC(CC(C5)C3)C4)c2C1c1ccc(Br)cc1.N#CC1=C(N)Oc2n[nH]c(C34CC5CC(CC(C5)C3)C4)c2C1c1ccc(Br)cc1.N#CC1=C(N)Oc2n[nH]c(C34CC5CC(CC(C5)C3)C4)c2C1c1ccc(Br)cc1. The van der Waals surface area contributed by atoms with Crippen LogP contribution in [0.25, 0.3) is 0 Å². The van der Waals surface area contributed by atoms with Crippen LogP contribution in [0.2, 0.25) is 0 Å². The standard InChI is InChI=1S/3C23H23BrN4O.C2H6O/c3*24-16-3-1-15(2-4-16)18-17(11-25)21(26)29-22-19(18)20(27-28-22)23-8-12-5-13(9-23)7-14(6-12)10-23;1-2-3/h3*1-4,12-14,18H,5-10,26H2,(H,27,28);3H,2H2,1H3. The largest absolute Gasteiger partial charge is 0.420 e. The second-order valence-electron chi connectivity index (χ2n) is 28.8. The third kappa shape index (κ3) is 10.1. The summed E-state index contributed by atoms with van der Waals surface area (Å²) in [6, 6.07) is 31.4. The van der Waals surface area contributed by atoms with Crippen molar-refractivity contribution in [3.63, 3.8) is 0 Å². The number of rotatable bonds is 6. The summed E-state index contributed by atoms with van der Waals surface area (Å²) < 4.78 is 20.5. The van der Waals surface area contributed by atoms with Crippen molar-refractivity contribution in [1.29, 1.82) is 15.8 Å². The number of halogens is 3. The highest BCUT2D eigenvalue weighted by atomic mass is 79.9. The number of aliphatic hydroxyl groups is 1. The molecule has 6 aromatic rings. The summed E-state index contributed by atoms with van der Waals surface area (Å²) in [6.45, 7) is 1.93. The van der Waals surface area contributed by atoms with Crippen molar-refractivity contribution in [3.05, 3.63) is 171 Å². The Balaban J connectivity index is 0.000000110. The Bertz CT molecular complexity index is 3510. The highest BCUT2D eigenvalue weighted by molar-refractivity contribution is 9.11. The summed E-state index contributed by atoms with van der Waals surface area (Å²) in [4.78, 5) is 0. The topological polar surface area (TPSA) is 283 Å². The van der Waals surface area contributed by atoms with Gasteiger partial charge >= 0.3 is 0 Å². The van der Waals surface area contributed by atoms with E-state index in [-0.39, 0.29) is 58.3 Å². The monoisotopic (exact) mass is 1400 g/mol. The molecule has 464 valence electrons. The minimum Gasteiger partial charge on any atom is -0.420 e. The minimum absolute atomic E-state index is 0.138. The van der Waals surface area contributed by atoms with Crippen LogP contribution in [0.4, 0.5) is 0 Å². The predicted molar refractivity (Wildman–Crippen MR) is 348 cm³/mol. The Morgan fingerprint density at radius 2 is 0.622 bits per heavy atom. The summed E-state index contributed by atoms with van der Waals surface area (Å²) >= 11 is 10.5. The van der Waals surface area contributed by atoms with Gasteiger partial charge in [-0.25, -0.2) is 0 Å². The number of nitrogens with one attached hydrogen (secondary N) is 3. The highest BCUT2D eigenvalue weighted by Crippen LogP contribution is 2.66. The van der Waals surface area contributed by atoms with Gasteiger partial charge in [-0.05, 0) is 229 Å². The second kappa shape index (κ2) is 23.1. The molecule has 12 bridgehead atoms. The zero-order valence-corrected chi connectivity index (χ0v) is 55.3. The predicted octanol–water partition coefficient (Wildman–Crippen LogP) is 14.6. The lowest BCUT2D eigenvalue weighted by molar-refractivity contribution is -0.00779. The molecule has 3 aromatic carbocycles. The number of hydrogen-bond acceptors (Lipinski definition) is 13. The van der Waals surface area contributed by atoms with E-state index in [1.165, 1.54) is 133 Å². The van der Waals surface area contributed by atoms with E-state index >= 15 is 0 Å². The number of nitrogens with two attached hydrogens (primary N) is 3. The van der Waals surface area contributed by atoms with Crippen molar-refractivity contribution in [2.45, 2.75) is 156 Å². The first kappa shape index (κ1) is 59.5. The van der Waals surface area contributed by atoms with Gasteiger partial charge in [-0.3, -0.25) is 15.3 Å². The molecule has 3 aromatic heterocycles. The van der Waals surface area contributed by atoms with Gasteiger partial charge in [-0.1, -0.05) is 84.2 Å². The van der Waals surface area contributed by atoms with Gasteiger partial charge in [0.2, 0.25) is 35.3 Å². The Morgan fingerprint density at radius 1 is 0.422 bits per heavy atom. The molecular formula is C71H75Br3N12O4. The van der Waals surface area contributed by atoms with Crippen LogP contribution in [-0.2, 0) is 16.2 Å². The Kier molecular flexibility index (Phi) is 15.3. The van der Waals surface area contributed by atoms with Gasteiger partial charge in [0.15, 0.2) is 0 Å². The average Bonchev–Trinajstić information content (AvgIpc) is 1.34. The molecule has 3 unspecified atom stereocenters. The fraction of sp³-hybridized carbons (Fsp3) is 0.493. The molecule has 0 spiro atoms. The van der Waals surface area contributed by atoms with Gasteiger partial charge in [0, 0.05) is 53.4 Å². The second-order valence-corrected chi connectivity index (χ2v) is 31.5. The Labute approximate surface area is 550 Å². The number of aromatic nitrogens is 6. The molecule has 0 radical (unpaired) electrons. The van der Waals surface area contributed by atoms with Crippen LogP contribution in [0.5, 0.6) is 17.6 Å². The molecule has 0 saturated heterocycles. The first-order valence-corrected chi connectivity index (χ1v) is 34.8. The van der Waals surface area contributed by atoms with Gasteiger partial charge in [0.1, 0.15) is 34.9 Å². The normalized spacial score (nSPS) is 33.7. The van der Waals surface area contributed by atoms with Crippen molar-refractivity contribution in [3.8, 4) is 35.8 Å². The number of aliphatic hydroxyl groups excluding tert-OH is 1. The van der Waals surface area contributed by atoms with Gasteiger partial charge in [0.05, 0.1) is 34.4 Å². The molecule has 10 N–H and O–H groups in total. The van der Waals surface area contributed by atoms with Crippen LogP contribution in [0, 0.1) is 87.3 Å². The molecule has 6 heterocycles. The lowest BCUT2D eigenvalue weighted by atomic mass is 9.48. The quantitative estimate of drug-likeness (QED) is 0.0818. The van der Waals surface area contributed by atoms with E-state index < -0.39 is 0 Å². The van der Waals surface area contributed by atoms with Gasteiger partial charge in [-0.15, -0.1) is 15.3 Å². The maximum absolute atomic E-state index is 9.93. The molecule has 12 fully saturated rings. The number of nitrogens with zero attached hydrogens (tertiary/aromatic N) is 6. The summed E-state index contributed by atoms with van der Waals surface area (Å²) in [5, 5.41) is 61.1. The number of allylic oxidation sites excluding steroid dienone is 3. The smallest absolute Gasteiger partial charge is 0.244 e. The van der Waals surface area contributed by atoms with Crippen molar-refractivity contribution in [2.24, 2.45) is 70.5 Å². The minimum atomic E-state index is -0.237. The van der Waals surface area contributed by atoms with Crippen LogP contribution in [0.15, 0.2) is 121 Å². The summed E-state index contributed by atoms with van der Waals surface area (Å²) in [6.07, 6.45) is 23.5. The number of nitriles is 3. The molecule has 19 heteroatoms. The molecule has 15 aliphatic rings.